The van der Waals surface area contributed by atoms with Crippen molar-refractivity contribution in [2.45, 2.75) is 50.4 Å². The second kappa shape index (κ2) is 9.85. The van der Waals surface area contributed by atoms with Crippen LogP contribution in [-0.4, -0.2) is 56.2 Å². The first kappa shape index (κ1) is 21.4. The van der Waals surface area contributed by atoms with E-state index in [4.69, 9.17) is 4.74 Å². The van der Waals surface area contributed by atoms with Gasteiger partial charge in [0.15, 0.2) is 5.96 Å². The number of methoxy groups -OCH3 is 1. The van der Waals surface area contributed by atoms with Gasteiger partial charge in [0.2, 0.25) is 0 Å². The number of halogens is 2. The Morgan fingerprint density at radius 3 is 2.62 bits per heavy atom. The Hall–Kier alpha value is -0.930. The fourth-order valence-electron chi connectivity index (χ4n) is 3.67. The van der Waals surface area contributed by atoms with E-state index in [0.717, 1.165) is 30.5 Å². The van der Waals surface area contributed by atoms with Crippen molar-refractivity contribution in [1.29, 1.82) is 0 Å². The third-order valence-electron chi connectivity index (χ3n) is 5.18. The van der Waals surface area contributed by atoms with Gasteiger partial charge in [-0.05, 0) is 43.9 Å². The molecule has 0 spiro atoms. The highest BCUT2D eigenvalue weighted by atomic mass is 127. The summed E-state index contributed by atoms with van der Waals surface area (Å²) in [5.74, 6) is 0.554. The number of guanidine groups is 1. The normalized spacial score (nSPS) is 24.8. The minimum atomic E-state index is -0.236. The molecule has 2 aliphatic rings. The third-order valence-corrected chi connectivity index (χ3v) is 5.18. The van der Waals surface area contributed by atoms with E-state index in [0.29, 0.717) is 18.6 Å². The molecule has 146 valence electrons. The van der Waals surface area contributed by atoms with E-state index in [1.807, 2.05) is 0 Å². The van der Waals surface area contributed by atoms with Crippen molar-refractivity contribution < 1.29 is 9.13 Å². The van der Waals surface area contributed by atoms with Gasteiger partial charge < -0.3 is 15.4 Å². The smallest absolute Gasteiger partial charge is 0.191 e. The number of benzene rings is 1. The first-order valence-electron chi connectivity index (χ1n) is 9.12. The lowest BCUT2D eigenvalue weighted by Gasteiger charge is -2.21. The minimum Gasteiger partial charge on any atom is -0.375 e. The van der Waals surface area contributed by atoms with E-state index in [1.54, 1.807) is 26.3 Å². The second-order valence-corrected chi connectivity index (χ2v) is 7.08. The van der Waals surface area contributed by atoms with Gasteiger partial charge in [-0.1, -0.05) is 12.1 Å². The van der Waals surface area contributed by atoms with E-state index in [9.17, 15) is 4.39 Å². The van der Waals surface area contributed by atoms with Crippen LogP contribution in [0.5, 0.6) is 0 Å². The molecule has 1 saturated carbocycles. The zero-order valence-electron chi connectivity index (χ0n) is 15.7. The van der Waals surface area contributed by atoms with Gasteiger partial charge in [-0.15, -0.1) is 24.0 Å². The average Bonchev–Trinajstić information content (AvgIpc) is 3.39. The Morgan fingerprint density at radius 1 is 1.35 bits per heavy atom. The van der Waals surface area contributed by atoms with Crippen LogP contribution in [0, 0.1) is 5.82 Å². The first-order chi connectivity index (χ1) is 12.1. The molecule has 2 N–H and O–H groups in total. The number of nitrogens with one attached hydrogen (secondary N) is 2. The number of aliphatic imine (C=N–C) groups is 1. The number of hydrogen-bond donors (Lipinski definition) is 2. The Morgan fingerprint density at radius 2 is 2.04 bits per heavy atom. The molecule has 2 fully saturated rings. The third kappa shape index (κ3) is 5.53. The molecular weight excluding hydrogens is 446 g/mol. The summed E-state index contributed by atoms with van der Waals surface area (Å²) in [6.07, 6.45) is 3.68. The van der Waals surface area contributed by atoms with Crippen molar-refractivity contribution in [3.63, 3.8) is 0 Å². The largest absolute Gasteiger partial charge is 0.375 e. The van der Waals surface area contributed by atoms with Gasteiger partial charge in [0.05, 0.1) is 6.10 Å². The lowest BCUT2D eigenvalue weighted by Crippen LogP contribution is -2.45. The van der Waals surface area contributed by atoms with Gasteiger partial charge in [-0.2, -0.15) is 0 Å². The van der Waals surface area contributed by atoms with E-state index in [1.165, 1.54) is 25.0 Å². The van der Waals surface area contributed by atoms with Crippen molar-refractivity contribution in [1.82, 2.24) is 15.5 Å². The van der Waals surface area contributed by atoms with Crippen molar-refractivity contribution >= 4 is 29.9 Å². The molecule has 1 aromatic rings. The minimum absolute atomic E-state index is 0. The molecule has 1 aliphatic heterocycles. The van der Waals surface area contributed by atoms with Crippen LogP contribution in [0.1, 0.15) is 37.9 Å². The predicted octanol–water partition coefficient (Wildman–Crippen LogP) is 2.92. The van der Waals surface area contributed by atoms with Crippen LogP contribution in [0.2, 0.25) is 0 Å². The highest BCUT2D eigenvalue weighted by molar-refractivity contribution is 14.0. The zero-order chi connectivity index (χ0) is 17.8. The highest BCUT2D eigenvalue weighted by Crippen LogP contribution is 2.33. The Bertz CT molecular complexity index is 594. The number of ether oxygens (including phenoxy) is 1. The van der Waals surface area contributed by atoms with Crippen LogP contribution >= 0.6 is 24.0 Å². The monoisotopic (exact) mass is 476 g/mol. The zero-order valence-corrected chi connectivity index (χ0v) is 18.1. The Labute approximate surface area is 172 Å². The molecule has 3 rings (SSSR count). The molecule has 26 heavy (non-hydrogen) atoms. The summed E-state index contributed by atoms with van der Waals surface area (Å²) in [6, 6.07) is 8.29. The fourth-order valence-corrected chi connectivity index (χ4v) is 3.67. The first-order valence-corrected chi connectivity index (χ1v) is 9.12. The molecule has 3 unspecified atom stereocenters. The summed E-state index contributed by atoms with van der Waals surface area (Å²) in [5.41, 5.74) is 0.946. The molecule has 5 nitrogen and oxygen atoms in total. The standard InChI is InChI=1S/C19H29FN4O.HI/c1-13-10-16(12-24(13)17-8-9-17)23-19(21-2)22-11-18(25-3)14-4-6-15(20)7-5-14;/h4-7,13,16-18H,8-12H2,1-3H3,(H2,21,22,23);1H. The average molecular weight is 476 g/mol. The van der Waals surface area contributed by atoms with Crippen molar-refractivity contribution in [3.05, 3.63) is 35.6 Å². The van der Waals surface area contributed by atoms with Gasteiger partial charge in [0.1, 0.15) is 5.82 Å². The van der Waals surface area contributed by atoms with Gasteiger partial charge in [-0.25, -0.2) is 4.39 Å². The number of hydrogen-bond acceptors (Lipinski definition) is 3. The maximum Gasteiger partial charge on any atom is 0.191 e. The van der Waals surface area contributed by atoms with E-state index < -0.39 is 0 Å². The molecule has 3 atom stereocenters. The van der Waals surface area contributed by atoms with Crippen LogP contribution in [0.15, 0.2) is 29.3 Å². The molecule has 0 radical (unpaired) electrons. The van der Waals surface area contributed by atoms with Gasteiger partial charge >= 0.3 is 0 Å². The fraction of sp³-hybridized carbons (Fsp3) is 0.632. The van der Waals surface area contributed by atoms with E-state index >= 15 is 0 Å². The van der Waals surface area contributed by atoms with Crippen LogP contribution in [0.3, 0.4) is 0 Å². The Kier molecular flexibility index (Phi) is 8.09. The maximum absolute atomic E-state index is 13.1. The summed E-state index contributed by atoms with van der Waals surface area (Å²) >= 11 is 0. The lowest BCUT2D eigenvalue weighted by atomic mass is 10.1. The van der Waals surface area contributed by atoms with Crippen molar-refractivity contribution in [2.24, 2.45) is 4.99 Å². The summed E-state index contributed by atoms with van der Waals surface area (Å²) < 4.78 is 18.6. The van der Waals surface area contributed by atoms with Crippen molar-refractivity contribution in [2.75, 3.05) is 27.2 Å². The topological polar surface area (TPSA) is 48.9 Å². The van der Waals surface area contributed by atoms with Gasteiger partial charge in [0, 0.05) is 45.4 Å². The SMILES string of the molecule is CN=C(NCC(OC)c1ccc(F)cc1)NC1CC(C)N(C2CC2)C1.I. The van der Waals surface area contributed by atoms with E-state index in [2.05, 4.69) is 27.4 Å². The Balaban J connectivity index is 0.00000243. The van der Waals surface area contributed by atoms with Crippen LogP contribution in [0.25, 0.3) is 0 Å². The van der Waals surface area contributed by atoms with Crippen LogP contribution in [-0.2, 0) is 4.74 Å². The second-order valence-electron chi connectivity index (χ2n) is 7.08. The van der Waals surface area contributed by atoms with Gasteiger partial charge in [-0.3, -0.25) is 9.89 Å². The van der Waals surface area contributed by atoms with Crippen molar-refractivity contribution in [3.8, 4) is 0 Å². The molecule has 0 amide bonds. The van der Waals surface area contributed by atoms with Crippen LogP contribution in [0.4, 0.5) is 4.39 Å². The molecule has 0 aromatic heterocycles. The van der Waals surface area contributed by atoms with Gasteiger partial charge in [0.25, 0.3) is 0 Å². The highest BCUT2D eigenvalue weighted by Gasteiger charge is 2.38. The van der Waals surface area contributed by atoms with Crippen LogP contribution < -0.4 is 10.6 Å². The molecule has 1 heterocycles. The molecule has 0 bridgehead atoms. The van der Waals surface area contributed by atoms with E-state index in [-0.39, 0.29) is 35.9 Å². The molecular formula is C19H30FIN4O. The quantitative estimate of drug-likeness (QED) is 0.377. The molecule has 1 aliphatic carbocycles. The molecule has 1 saturated heterocycles. The molecule has 1 aromatic carbocycles. The molecule has 7 heteroatoms. The summed E-state index contributed by atoms with van der Waals surface area (Å²) in [5, 5.41) is 6.87. The number of rotatable bonds is 6. The summed E-state index contributed by atoms with van der Waals surface area (Å²) in [4.78, 5) is 6.95. The number of nitrogens with zero attached hydrogens (tertiary/aromatic N) is 2. The summed E-state index contributed by atoms with van der Waals surface area (Å²) in [6.45, 7) is 3.97. The maximum atomic E-state index is 13.1. The lowest BCUT2D eigenvalue weighted by molar-refractivity contribution is 0.106. The number of likely N-dealkylation sites (tertiary alicyclic amines) is 1. The summed E-state index contributed by atoms with van der Waals surface area (Å²) in [7, 11) is 3.45. The predicted molar refractivity (Wildman–Crippen MR) is 114 cm³/mol.